The van der Waals surface area contributed by atoms with Crippen LogP contribution in [0.3, 0.4) is 0 Å². The van der Waals surface area contributed by atoms with Crippen molar-refractivity contribution in [1.29, 1.82) is 0 Å². The lowest BCUT2D eigenvalue weighted by atomic mass is 9.65. The molecule has 0 aromatic rings. The fourth-order valence-corrected chi connectivity index (χ4v) is 3.34. The van der Waals surface area contributed by atoms with Crippen LogP contribution in [0.5, 0.6) is 0 Å². The van der Waals surface area contributed by atoms with E-state index in [0.717, 1.165) is 11.3 Å². The van der Waals surface area contributed by atoms with Gasteiger partial charge in [0, 0.05) is 6.54 Å². The molecule has 1 spiro atoms. The van der Waals surface area contributed by atoms with E-state index in [1.54, 1.807) is 0 Å². The standard InChI is InChI=1S/C11H21N/c1-2-10-5-3-4-6-11(10)7-8-12-9-11/h10,12H,2-9H2,1H3. The van der Waals surface area contributed by atoms with Crippen molar-refractivity contribution in [3.8, 4) is 0 Å². The average molecular weight is 167 g/mol. The Bertz CT molecular complexity index is 147. The van der Waals surface area contributed by atoms with Crippen molar-refractivity contribution < 1.29 is 0 Å². The van der Waals surface area contributed by atoms with Crippen molar-refractivity contribution in [1.82, 2.24) is 5.32 Å². The van der Waals surface area contributed by atoms with Crippen LogP contribution in [-0.4, -0.2) is 13.1 Å². The number of hydrogen-bond donors (Lipinski definition) is 1. The van der Waals surface area contributed by atoms with Gasteiger partial charge in [0.25, 0.3) is 0 Å². The molecule has 1 saturated heterocycles. The fourth-order valence-electron chi connectivity index (χ4n) is 3.34. The van der Waals surface area contributed by atoms with Crippen LogP contribution in [0.15, 0.2) is 0 Å². The average Bonchev–Trinajstić information content (AvgIpc) is 2.55. The highest BCUT2D eigenvalue weighted by molar-refractivity contribution is 4.94. The van der Waals surface area contributed by atoms with Gasteiger partial charge in [-0.1, -0.05) is 26.2 Å². The zero-order valence-corrected chi connectivity index (χ0v) is 8.23. The van der Waals surface area contributed by atoms with Gasteiger partial charge >= 0.3 is 0 Å². The third kappa shape index (κ3) is 1.28. The summed E-state index contributed by atoms with van der Waals surface area (Å²) in [6.07, 6.45) is 8.82. The minimum Gasteiger partial charge on any atom is -0.316 e. The summed E-state index contributed by atoms with van der Waals surface area (Å²) in [5.74, 6) is 1.03. The molecule has 12 heavy (non-hydrogen) atoms. The summed E-state index contributed by atoms with van der Waals surface area (Å²) in [4.78, 5) is 0. The second-order valence-electron chi connectivity index (χ2n) is 4.64. The van der Waals surface area contributed by atoms with Crippen LogP contribution in [0.2, 0.25) is 0 Å². The van der Waals surface area contributed by atoms with Gasteiger partial charge in [0.15, 0.2) is 0 Å². The summed E-state index contributed by atoms with van der Waals surface area (Å²) in [6, 6.07) is 0. The minimum absolute atomic E-state index is 0.729. The van der Waals surface area contributed by atoms with E-state index >= 15 is 0 Å². The molecule has 2 aliphatic rings. The molecule has 1 saturated carbocycles. The van der Waals surface area contributed by atoms with Gasteiger partial charge in [-0.25, -0.2) is 0 Å². The number of rotatable bonds is 1. The molecular weight excluding hydrogens is 146 g/mol. The highest BCUT2D eigenvalue weighted by Crippen LogP contribution is 2.46. The quantitative estimate of drug-likeness (QED) is 0.633. The van der Waals surface area contributed by atoms with Crippen molar-refractivity contribution >= 4 is 0 Å². The molecule has 1 aliphatic heterocycles. The Morgan fingerprint density at radius 3 is 2.92 bits per heavy atom. The Labute approximate surface area is 75.9 Å². The number of nitrogens with one attached hydrogen (secondary N) is 1. The third-order valence-electron chi connectivity index (χ3n) is 4.11. The molecule has 2 fully saturated rings. The van der Waals surface area contributed by atoms with Crippen molar-refractivity contribution in [2.24, 2.45) is 11.3 Å². The van der Waals surface area contributed by atoms with Gasteiger partial charge in [-0.2, -0.15) is 0 Å². The van der Waals surface area contributed by atoms with E-state index in [9.17, 15) is 0 Å². The molecule has 70 valence electrons. The largest absolute Gasteiger partial charge is 0.316 e. The smallest absolute Gasteiger partial charge is 0.00109 e. The maximum Gasteiger partial charge on any atom is 0.00109 e. The summed E-state index contributed by atoms with van der Waals surface area (Å²) < 4.78 is 0. The van der Waals surface area contributed by atoms with Crippen molar-refractivity contribution in [3.63, 3.8) is 0 Å². The monoisotopic (exact) mass is 167 g/mol. The van der Waals surface area contributed by atoms with E-state index in [4.69, 9.17) is 0 Å². The van der Waals surface area contributed by atoms with E-state index in [0.29, 0.717) is 0 Å². The zero-order valence-electron chi connectivity index (χ0n) is 8.23. The first-order valence-corrected chi connectivity index (χ1v) is 5.58. The summed E-state index contributed by atoms with van der Waals surface area (Å²) in [5.41, 5.74) is 0.729. The maximum absolute atomic E-state index is 3.55. The van der Waals surface area contributed by atoms with Crippen LogP contribution in [0, 0.1) is 11.3 Å². The van der Waals surface area contributed by atoms with Crippen LogP contribution in [-0.2, 0) is 0 Å². The molecule has 0 amide bonds. The second kappa shape index (κ2) is 3.37. The van der Waals surface area contributed by atoms with Crippen molar-refractivity contribution in [2.45, 2.75) is 45.4 Å². The van der Waals surface area contributed by atoms with Crippen LogP contribution in [0.4, 0.5) is 0 Å². The SMILES string of the molecule is CCC1CCCCC12CCNC2. The van der Waals surface area contributed by atoms with Crippen LogP contribution >= 0.6 is 0 Å². The van der Waals surface area contributed by atoms with Gasteiger partial charge in [-0.05, 0) is 37.1 Å². The van der Waals surface area contributed by atoms with Gasteiger partial charge in [0.2, 0.25) is 0 Å². The lowest BCUT2D eigenvalue weighted by molar-refractivity contribution is 0.113. The van der Waals surface area contributed by atoms with Crippen LogP contribution < -0.4 is 5.32 Å². The maximum atomic E-state index is 3.55. The summed E-state index contributed by atoms with van der Waals surface area (Å²) >= 11 is 0. The second-order valence-corrected chi connectivity index (χ2v) is 4.64. The van der Waals surface area contributed by atoms with Crippen LogP contribution in [0.1, 0.15) is 45.4 Å². The molecule has 0 radical (unpaired) electrons. The minimum atomic E-state index is 0.729. The summed E-state index contributed by atoms with van der Waals surface area (Å²) in [6.45, 7) is 4.96. The number of hydrogen-bond acceptors (Lipinski definition) is 1. The molecule has 0 aromatic carbocycles. The van der Waals surface area contributed by atoms with E-state index in [2.05, 4.69) is 12.2 Å². The summed E-state index contributed by atoms with van der Waals surface area (Å²) in [5, 5.41) is 3.55. The molecule has 1 nitrogen and oxygen atoms in total. The van der Waals surface area contributed by atoms with Crippen LogP contribution in [0.25, 0.3) is 0 Å². The Hall–Kier alpha value is -0.0400. The van der Waals surface area contributed by atoms with E-state index in [1.165, 1.54) is 51.6 Å². The molecule has 1 N–H and O–H groups in total. The van der Waals surface area contributed by atoms with E-state index in [1.807, 2.05) is 0 Å². The normalized spacial score (nSPS) is 42.2. The Kier molecular flexibility index (Phi) is 2.40. The molecule has 0 aromatic heterocycles. The van der Waals surface area contributed by atoms with E-state index < -0.39 is 0 Å². The van der Waals surface area contributed by atoms with Crippen molar-refractivity contribution in [2.75, 3.05) is 13.1 Å². The Balaban J connectivity index is 2.07. The highest BCUT2D eigenvalue weighted by Gasteiger charge is 2.41. The van der Waals surface area contributed by atoms with Gasteiger partial charge in [-0.15, -0.1) is 0 Å². The lowest BCUT2D eigenvalue weighted by Crippen LogP contribution is -2.35. The lowest BCUT2D eigenvalue weighted by Gasteiger charge is -2.40. The van der Waals surface area contributed by atoms with Gasteiger partial charge in [0.05, 0.1) is 0 Å². The predicted molar refractivity (Wildman–Crippen MR) is 52.2 cm³/mol. The Morgan fingerprint density at radius 1 is 1.33 bits per heavy atom. The molecule has 1 aliphatic carbocycles. The summed E-state index contributed by atoms with van der Waals surface area (Å²) in [7, 11) is 0. The third-order valence-corrected chi connectivity index (χ3v) is 4.11. The van der Waals surface area contributed by atoms with Gasteiger partial charge in [0.1, 0.15) is 0 Å². The molecule has 2 atom stereocenters. The van der Waals surface area contributed by atoms with E-state index in [-0.39, 0.29) is 0 Å². The molecule has 2 unspecified atom stereocenters. The predicted octanol–water partition coefficient (Wildman–Crippen LogP) is 2.57. The van der Waals surface area contributed by atoms with Crippen molar-refractivity contribution in [3.05, 3.63) is 0 Å². The Morgan fingerprint density at radius 2 is 2.25 bits per heavy atom. The van der Waals surface area contributed by atoms with Gasteiger partial charge < -0.3 is 5.32 Å². The molecule has 1 heteroatoms. The first kappa shape index (κ1) is 8.55. The first-order chi connectivity index (χ1) is 5.87. The topological polar surface area (TPSA) is 12.0 Å². The van der Waals surface area contributed by atoms with Gasteiger partial charge in [-0.3, -0.25) is 0 Å². The zero-order chi connectivity index (χ0) is 8.44. The molecule has 0 bridgehead atoms. The molecule has 1 heterocycles. The first-order valence-electron chi connectivity index (χ1n) is 5.58. The highest BCUT2D eigenvalue weighted by atomic mass is 14.9. The fraction of sp³-hybridized carbons (Fsp3) is 1.00. The molecular formula is C11H21N. The molecule has 2 rings (SSSR count).